The monoisotopic (exact) mass is 402 g/mol. The number of nitriles is 1. The van der Waals surface area contributed by atoms with Gasteiger partial charge >= 0.3 is 0 Å². The molecule has 0 radical (unpaired) electrons. The van der Waals surface area contributed by atoms with Crippen LogP contribution in [0.15, 0.2) is 48.8 Å². The molecule has 0 bridgehead atoms. The van der Waals surface area contributed by atoms with Crippen molar-refractivity contribution in [1.29, 1.82) is 5.26 Å². The number of benzene rings is 1. The molecule has 1 saturated heterocycles. The zero-order chi connectivity index (χ0) is 20.8. The van der Waals surface area contributed by atoms with Crippen LogP contribution in [-0.4, -0.2) is 39.4 Å². The summed E-state index contributed by atoms with van der Waals surface area (Å²) in [6.07, 6.45) is 5.70. The van der Waals surface area contributed by atoms with Gasteiger partial charge in [-0.1, -0.05) is 6.07 Å². The van der Waals surface area contributed by atoms with Gasteiger partial charge < -0.3 is 14.6 Å². The number of aromatic nitrogens is 3. The van der Waals surface area contributed by atoms with Gasteiger partial charge in [-0.25, -0.2) is 9.97 Å². The van der Waals surface area contributed by atoms with E-state index in [0.29, 0.717) is 42.5 Å². The van der Waals surface area contributed by atoms with Crippen molar-refractivity contribution in [2.75, 3.05) is 13.2 Å². The van der Waals surface area contributed by atoms with Gasteiger partial charge in [0, 0.05) is 37.2 Å². The van der Waals surface area contributed by atoms with Crippen LogP contribution in [0.25, 0.3) is 11.3 Å². The predicted molar refractivity (Wildman–Crippen MR) is 110 cm³/mol. The van der Waals surface area contributed by atoms with Gasteiger partial charge in [0.1, 0.15) is 23.7 Å². The molecule has 4 rings (SSSR count). The molecule has 0 amide bonds. The van der Waals surface area contributed by atoms with Crippen molar-refractivity contribution < 1.29 is 14.6 Å². The van der Waals surface area contributed by atoms with Crippen LogP contribution in [0.5, 0.6) is 5.75 Å². The van der Waals surface area contributed by atoms with Crippen LogP contribution in [0.3, 0.4) is 0 Å². The zero-order valence-electron chi connectivity index (χ0n) is 16.5. The Morgan fingerprint density at radius 1 is 1.13 bits per heavy atom. The number of hydrogen-bond donors (Lipinski definition) is 1. The Labute approximate surface area is 175 Å². The normalized spacial score (nSPS) is 14.3. The molecule has 30 heavy (non-hydrogen) atoms. The third kappa shape index (κ3) is 4.79. The van der Waals surface area contributed by atoms with E-state index in [1.165, 1.54) is 0 Å². The molecule has 3 aromatic rings. The second-order valence-electron chi connectivity index (χ2n) is 7.10. The van der Waals surface area contributed by atoms with Crippen molar-refractivity contribution >= 4 is 0 Å². The number of ether oxygens (including phenoxy) is 2. The molecule has 7 heteroatoms. The van der Waals surface area contributed by atoms with Gasteiger partial charge in [-0.15, -0.1) is 0 Å². The fourth-order valence-corrected chi connectivity index (χ4v) is 3.33. The first-order valence-electron chi connectivity index (χ1n) is 9.90. The molecule has 7 nitrogen and oxygen atoms in total. The maximum atomic E-state index is 9.60. The van der Waals surface area contributed by atoms with Gasteiger partial charge in [-0.2, -0.15) is 5.26 Å². The summed E-state index contributed by atoms with van der Waals surface area (Å²) in [7, 11) is 0. The van der Waals surface area contributed by atoms with Gasteiger partial charge in [-0.05, 0) is 35.9 Å². The lowest BCUT2D eigenvalue weighted by Crippen LogP contribution is -2.26. The molecule has 1 aliphatic heterocycles. The van der Waals surface area contributed by atoms with E-state index in [9.17, 15) is 5.26 Å². The molecular formula is C23H22N4O3. The minimum Gasteiger partial charge on any atom is -0.489 e. The Balaban J connectivity index is 1.53. The van der Waals surface area contributed by atoms with Crippen molar-refractivity contribution in [2.24, 2.45) is 0 Å². The van der Waals surface area contributed by atoms with E-state index in [1.54, 1.807) is 24.5 Å². The van der Waals surface area contributed by atoms with Gasteiger partial charge in [0.15, 0.2) is 0 Å². The summed E-state index contributed by atoms with van der Waals surface area (Å²) in [4.78, 5) is 13.2. The summed E-state index contributed by atoms with van der Waals surface area (Å²) < 4.78 is 11.4. The maximum Gasteiger partial charge on any atom is 0.137 e. The first-order valence-corrected chi connectivity index (χ1v) is 9.90. The van der Waals surface area contributed by atoms with E-state index in [0.717, 1.165) is 29.7 Å². The summed E-state index contributed by atoms with van der Waals surface area (Å²) in [6.45, 7) is 1.29. The van der Waals surface area contributed by atoms with Crippen LogP contribution < -0.4 is 4.74 Å². The lowest BCUT2D eigenvalue weighted by atomic mass is 10.1. The average molecular weight is 402 g/mol. The Kier molecular flexibility index (Phi) is 6.28. The molecule has 0 unspecified atom stereocenters. The first kappa shape index (κ1) is 20.0. The van der Waals surface area contributed by atoms with Gasteiger partial charge in [0.25, 0.3) is 0 Å². The Morgan fingerprint density at radius 2 is 2.00 bits per heavy atom. The fraction of sp³-hybridized carbons (Fsp3) is 0.304. The highest BCUT2D eigenvalue weighted by Crippen LogP contribution is 2.27. The van der Waals surface area contributed by atoms with Gasteiger partial charge in [0.2, 0.25) is 0 Å². The Hall–Kier alpha value is -3.34. The van der Waals surface area contributed by atoms with Crippen molar-refractivity contribution in [2.45, 2.75) is 32.0 Å². The first-order chi connectivity index (χ1) is 14.7. The largest absolute Gasteiger partial charge is 0.489 e. The van der Waals surface area contributed by atoms with E-state index in [2.05, 4.69) is 21.0 Å². The number of aliphatic hydroxyl groups excluding tert-OH is 1. The molecule has 0 aliphatic carbocycles. The quantitative estimate of drug-likeness (QED) is 0.676. The third-order valence-corrected chi connectivity index (χ3v) is 4.97. The minimum absolute atomic E-state index is 0.0770. The van der Waals surface area contributed by atoms with Crippen LogP contribution in [-0.2, 0) is 17.8 Å². The standard InChI is InChI=1S/C23H22N4O3/c24-13-18-12-17(2-4-22(18)30-20-6-9-29-10-7-20)21-5-8-25-23(27-21)11-16-1-3-19(15-28)26-14-16/h1-5,8,12,14,20,28H,6-7,9-11,15H2. The molecule has 3 heterocycles. The Bertz CT molecular complexity index is 1040. The van der Waals surface area contributed by atoms with Crippen LogP contribution in [0.4, 0.5) is 0 Å². The van der Waals surface area contributed by atoms with Crippen molar-refractivity contribution in [3.8, 4) is 23.1 Å². The molecular weight excluding hydrogens is 380 g/mol. The van der Waals surface area contributed by atoms with Crippen molar-refractivity contribution in [3.05, 3.63) is 71.4 Å². The number of hydrogen-bond acceptors (Lipinski definition) is 7. The van der Waals surface area contributed by atoms with Crippen LogP contribution in [0.1, 0.15) is 35.5 Å². The molecule has 1 aromatic carbocycles. The van der Waals surface area contributed by atoms with E-state index < -0.39 is 0 Å². The fourth-order valence-electron chi connectivity index (χ4n) is 3.33. The van der Waals surface area contributed by atoms with Crippen LogP contribution in [0, 0.1) is 11.3 Å². The topological polar surface area (TPSA) is 101 Å². The number of pyridine rings is 1. The van der Waals surface area contributed by atoms with Crippen LogP contribution >= 0.6 is 0 Å². The van der Waals surface area contributed by atoms with Gasteiger partial charge in [0.05, 0.1) is 36.8 Å². The summed E-state index contributed by atoms with van der Waals surface area (Å²) in [5.41, 5.74) is 3.66. The number of rotatable bonds is 6. The van der Waals surface area contributed by atoms with Crippen molar-refractivity contribution in [3.63, 3.8) is 0 Å². The Morgan fingerprint density at radius 3 is 2.73 bits per heavy atom. The highest BCUT2D eigenvalue weighted by Gasteiger charge is 2.17. The molecule has 152 valence electrons. The second-order valence-corrected chi connectivity index (χ2v) is 7.10. The van der Waals surface area contributed by atoms with Crippen LogP contribution in [0.2, 0.25) is 0 Å². The predicted octanol–water partition coefficient (Wildman–Crippen LogP) is 3.05. The summed E-state index contributed by atoms with van der Waals surface area (Å²) in [5, 5.41) is 18.7. The number of aliphatic hydroxyl groups is 1. The molecule has 1 fully saturated rings. The average Bonchev–Trinajstić information content (AvgIpc) is 2.81. The van der Waals surface area contributed by atoms with Crippen molar-refractivity contribution in [1.82, 2.24) is 15.0 Å². The van der Waals surface area contributed by atoms with Gasteiger partial charge in [-0.3, -0.25) is 4.98 Å². The third-order valence-electron chi connectivity index (χ3n) is 4.97. The molecule has 0 saturated carbocycles. The minimum atomic E-state index is -0.0816. The molecule has 1 aliphatic rings. The molecule has 0 spiro atoms. The summed E-state index contributed by atoms with van der Waals surface area (Å²) in [6, 6.07) is 13.3. The van der Waals surface area contributed by atoms with E-state index in [1.807, 2.05) is 24.3 Å². The molecule has 1 N–H and O–H groups in total. The molecule has 0 atom stereocenters. The SMILES string of the molecule is N#Cc1cc(-c2ccnc(Cc3ccc(CO)nc3)n2)ccc1OC1CCOCC1. The zero-order valence-corrected chi connectivity index (χ0v) is 16.5. The highest BCUT2D eigenvalue weighted by molar-refractivity contribution is 5.64. The maximum absolute atomic E-state index is 9.60. The van der Waals surface area contributed by atoms with E-state index >= 15 is 0 Å². The summed E-state index contributed by atoms with van der Waals surface area (Å²) in [5.74, 6) is 1.25. The lowest BCUT2D eigenvalue weighted by Gasteiger charge is -2.23. The van der Waals surface area contributed by atoms with E-state index in [-0.39, 0.29) is 12.7 Å². The second kappa shape index (κ2) is 9.44. The smallest absolute Gasteiger partial charge is 0.137 e. The summed E-state index contributed by atoms with van der Waals surface area (Å²) >= 11 is 0. The number of nitrogens with zero attached hydrogens (tertiary/aromatic N) is 4. The molecule has 2 aromatic heterocycles. The highest BCUT2D eigenvalue weighted by atomic mass is 16.5. The van der Waals surface area contributed by atoms with E-state index in [4.69, 9.17) is 14.6 Å². The lowest BCUT2D eigenvalue weighted by molar-refractivity contribution is 0.0254.